The number of aryl methyl sites for hydroxylation is 4. The largest absolute Gasteiger partial charge is 0.341 e. The van der Waals surface area contributed by atoms with Gasteiger partial charge in [0.2, 0.25) is 0 Å². The summed E-state index contributed by atoms with van der Waals surface area (Å²) in [5, 5.41) is 7.11. The molecule has 0 radical (unpaired) electrons. The van der Waals surface area contributed by atoms with Gasteiger partial charge in [-0.3, -0.25) is 0 Å². The molecule has 0 spiro atoms. The Hall–Kier alpha value is -4.36. The number of anilines is 4. The van der Waals surface area contributed by atoms with Crippen LogP contribution in [0.3, 0.4) is 0 Å². The normalized spacial score (nSPS) is 17.3. The summed E-state index contributed by atoms with van der Waals surface area (Å²) >= 11 is 0. The van der Waals surface area contributed by atoms with Gasteiger partial charge in [0.15, 0.2) is 0 Å². The molecule has 0 saturated heterocycles. The second kappa shape index (κ2) is 12.8. The average Bonchev–Trinajstić information content (AvgIpc) is 3.08. The number of halogens is 2. The summed E-state index contributed by atoms with van der Waals surface area (Å²) in [5.41, 5.74) is 9.14. The lowest BCUT2D eigenvalue weighted by Crippen LogP contribution is -2.38. The predicted octanol–water partition coefficient (Wildman–Crippen LogP) is 8.73. The minimum atomic E-state index is -2.40. The molecule has 0 N–H and O–H groups in total. The molecule has 49 heavy (non-hydrogen) atoms. The van der Waals surface area contributed by atoms with Crippen molar-refractivity contribution in [3.63, 3.8) is 0 Å². The van der Waals surface area contributed by atoms with Crippen LogP contribution in [0.25, 0.3) is 0 Å². The minimum Gasteiger partial charge on any atom is -0.341 e. The zero-order valence-electron chi connectivity index (χ0n) is 29.1. The molecular weight excluding hydrogens is 644 g/mol. The third-order valence-corrected chi connectivity index (χ3v) is 16.3. The smallest absolute Gasteiger partial charge is 0.128 e. The van der Waals surface area contributed by atoms with Crippen molar-refractivity contribution in [2.75, 3.05) is 30.6 Å². The number of hydrogen-bond acceptors (Lipinski definition) is 2. The fourth-order valence-corrected chi connectivity index (χ4v) is 13.8. The van der Waals surface area contributed by atoms with Gasteiger partial charge in [-0.2, -0.15) is 0 Å². The van der Waals surface area contributed by atoms with E-state index < -0.39 is 15.2 Å². The van der Waals surface area contributed by atoms with Gasteiger partial charge in [0.25, 0.3) is 0 Å². The summed E-state index contributed by atoms with van der Waals surface area (Å²) in [6.45, 7) is 11.0. The molecule has 0 bridgehead atoms. The number of fused-ring (bicyclic) bond motifs is 4. The molecule has 0 atom stereocenters. The van der Waals surface area contributed by atoms with Gasteiger partial charge < -0.3 is 9.80 Å². The second-order valence-electron chi connectivity index (χ2n) is 13.4. The Bertz CT molecular complexity index is 2090. The SMILES string of the molecule is Cc1ccc2c(c1)P(c1ccc(F)cc1)c1cc(C)ccc1N(C)c1ccc(C)cc1[P+](C)(c1ccc(F)cc1)c1cc(C)ccc1N2C. The van der Waals surface area contributed by atoms with Gasteiger partial charge in [-0.25, -0.2) is 8.78 Å². The molecule has 6 aromatic carbocycles. The van der Waals surface area contributed by atoms with E-state index in [-0.39, 0.29) is 11.6 Å². The van der Waals surface area contributed by atoms with Crippen molar-refractivity contribution in [2.45, 2.75) is 27.7 Å². The first-order valence-corrected chi connectivity index (χ1v) is 20.1. The molecule has 6 aromatic rings. The van der Waals surface area contributed by atoms with Gasteiger partial charge in [0, 0.05) is 36.1 Å². The van der Waals surface area contributed by atoms with E-state index in [4.69, 9.17) is 0 Å². The fourth-order valence-electron chi connectivity index (χ4n) is 7.15. The molecular formula is C43H41F2N2P2+. The number of nitrogens with zero attached hydrogens (tertiary/aromatic N) is 2. The summed E-state index contributed by atoms with van der Waals surface area (Å²) < 4.78 is 29.0. The van der Waals surface area contributed by atoms with Crippen molar-refractivity contribution in [3.05, 3.63) is 155 Å². The van der Waals surface area contributed by atoms with Gasteiger partial charge in [0.05, 0.1) is 18.0 Å². The zero-order valence-corrected chi connectivity index (χ0v) is 30.9. The third-order valence-electron chi connectivity index (χ3n) is 9.84. The van der Waals surface area contributed by atoms with Gasteiger partial charge in [-0.05, 0) is 137 Å². The van der Waals surface area contributed by atoms with E-state index >= 15 is 0 Å². The van der Waals surface area contributed by atoms with E-state index in [1.165, 1.54) is 43.5 Å². The molecule has 2 nitrogen and oxygen atoms in total. The molecule has 246 valence electrons. The van der Waals surface area contributed by atoms with E-state index in [9.17, 15) is 8.78 Å². The highest BCUT2D eigenvalue weighted by molar-refractivity contribution is 7.95. The summed E-state index contributed by atoms with van der Waals surface area (Å²) in [5.74, 6) is -0.482. The molecule has 0 saturated carbocycles. The van der Waals surface area contributed by atoms with Gasteiger partial charge in [0.1, 0.15) is 34.8 Å². The predicted molar refractivity (Wildman–Crippen MR) is 211 cm³/mol. The van der Waals surface area contributed by atoms with Crippen LogP contribution in [0.1, 0.15) is 22.3 Å². The van der Waals surface area contributed by atoms with Crippen LogP contribution in [0.15, 0.2) is 121 Å². The Labute approximate surface area is 291 Å². The Balaban J connectivity index is 1.67. The molecule has 0 aliphatic carbocycles. The van der Waals surface area contributed by atoms with E-state index in [1.54, 1.807) is 24.3 Å². The highest BCUT2D eigenvalue weighted by Crippen LogP contribution is 2.57. The van der Waals surface area contributed by atoms with Crippen LogP contribution in [0.4, 0.5) is 31.5 Å². The molecule has 6 heteroatoms. The monoisotopic (exact) mass is 685 g/mol. The van der Waals surface area contributed by atoms with Crippen molar-refractivity contribution in [1.82, 2.24) is 0 Å². The van der Waals surface area contributed by atoms with Crippen LogP contribution >= 0.6 is 15.2 Å². The number of hydrogen-bond donors (Lipinski definition) is 0. The lowest BCUT2D eigenvalue weighted by molar-refractivity contribution is 0.628. The fraction of sp³-hybridized carbons (Fsp3) is 0.163. The lowest BCUT2D eigenvalue weighted by atomic mass is 10.1. The Morgan fingerprint density at radius 1 is 0.469 bits per heavy atom. The van der Waals surface area contributed by atoms with Crippen LogP contribution in [0.2, 0.25) is 0 Å². The topological polar surface area (TPSA) is 6.48 Å². The third kappa shape index (κ3) is 5.86. The van der Waals surface area contributed by atoms with E-state index in [0.717, 1.165) is 33.4 Å². The first-order chi connectivity index (χ1) is 23.4. The minimum absolute atomic E-state index is 0.240. The van der Waals surface area contributed by atoms with Crippen molar-refractivity contribution < 1.29 is 8.78 Å². The first kappa shape index (κ1) is 33.2. The summed E-state index contributed by atoms with van der Waals surface area (Å²) in [7, 11) is 0.798. The maximum atomic E-state index is 14.6. The van der Waals surface area contributed by atoms with Crippen LogP contribution in [0, 0.1) is 39.3 Å². The molecule has 1 aliphatic rings. The van der Waals surface area contributed by atoms with Gasteiger partial charge in [-0.1, -0.05) is 47.5 Å². The molecule has 0 unspecified atom stereocenters. The van der Waals surface area contributed by atoms with Crippen LogP contribution in [-0.4, -0.2) is 20.8 Å². The molecule has 1 heterocycles. The Morgan fingerprint density at radius 2 is 0.837 bits per heavy atom. The lowest BCUT2D eigenvalue weighted by Gasteiger charge is -2.36. The Morgan fingerprint density at radius 3 is 1.27 bits per heavy atom. The standard InChI is InChI=1S/C43H41F2N2P2/c1-28-8-20-36-40(24-28)48(34-16-12-32(44)13-17-34)41-25-29(2)9-21-37(41)47(6)39-23-11-31(4)27-43(39)49(7,35-18-14-33(45)15-19-35)42-26-30(3)10-22-38(42)46(36)5/h8-27H,1-7H3/q+1. The Kier molecular flexibility index (Phi) is 8.68. The quantitative estimate of drug-likeness (QED) is 0.168. The molecule has 0 fully saturated rings. The molecule has 0 amide bonds. The highest BCUT2D eigenvalue weighted by atomic mass is 31.2. The van der Waals surface area contributed by atoms with E-state index in [1.807, 2.05) is 24.3 Å². The van der Waals surface area contributed by atoms with Crippen LogP contribution < -0.4 is 41.6 Å². The zero-order chi connectivity index (χ0) is 34.6. The maximum Gasteiger partial charge on any atom is 0.128 e. The van der Waals surface area contributed by atoms with E-state index in [0.29, 0.717) is 0 Å². The molecule has 0 aromatic heterocycles. The summed E-state index contributed by atoms with van der Waals surface area (Å²) in [6, 6.07) is 41.3. The first-order valence-electron chi connectivity index (χ1n) is 16.6. The van der Waals surface area contributed by atoms with Crippen molar-refractivity contribution in [1.29, 1.82) is 0 Å². The number of rotatable bonds is 2. The van der Waals surface area contributed by atoms with Crippen molar-refractivity contribution >= 4 is 69.8 Å². The maximum absolute atomic E-state index is 14.6. The van der Waals surface area contributed by atoms with E-state index in [2.05, 4.69) is 131 Å². The van der Waals surface area contributed by atoms with Crippen LogP contribution in [0.5, 0.6) is 0 Å². The summed E-state index contributed by atoms with van der Waals surface area (Å²) in [6.07, 6.45) is 0. The van der Waals surface area contributed by atoms with Gasteiger partial charge in [-0.15, -0.1) is 0 Å². The van der Waals surface area contributed by atoms with Crippen molar-refractivity contribution in [3.8, 4) is 0 Å². The van der Waals surface area contributed by atoms with Gasteiger partial charge >= 0.3 is 0 Å². The molecule has 7 rings (SSSR count). The summed E-state index contributed by atoms with van der Waals surface area (Å²) in [4.78, 5) is 4.70. The van der Waals surface area contributed by atoms with Crippen LogP contribution in [-0.2, 0) is 0 Å². The van der Waals surface area contributed by atoms with Crippen molar-refractivity contribution in [2.24, 2.45) is 0 Å². The highest BCUT2D eigenvalue weighted by Gasteiger charge is 2.46. The average molecular weight is 686 g/mol. The molecule has 1 aliphatic heterocycles. The second-order valence-corrected chi connectivity index (χ2v) is 19.0. The number of benzene rings is 6.